The molecule has 6 atom stereocenters. The summed E-state index contributed by atoms with van der Waals surface area (Å²) in [5.74, 6) is -6.04. The first-order valence-corrected chi connectivity index (χ1v) is 33.2. The number of nitrogens with zero attached hydrogens (tertiary/aromatic N) is 2. The lowest BCUT2D eigenvalue weighted by Gasteiger charge is -2.37. The van der Waals surface area contributed by atoms with E-state index in [4.69, 9.17) is 37.9 Å². The van der Waals surface area contributed by atoms with E-state index in [9.17, 15) is 19.2 Å². The van der Waals surface area contributed by atoms with Crippen LogP contribution in [0.15, 0.2) is 147 Å². The zero-order chi connectivity index (χ0) is 69.1. The maximum Gasteiger partial charge on any atom is 0.330 e. The fraction of sp³-hybridized carbons (Fsp3) is 0.300. The van der Waals surface area contributed by atoms with E-state index in [0.717, 1.165) is 44.2 Å². The molecule has 2 aliphatic carbocycles. The number of aryl methyl sites for hydroxylation is 4. The van der Waals surface area contributed by atoms with Crippen molar-refractivity contribution in [3.05, 3.63) is 191 Å². The standard InChI is InChI=1S/C80H74N2O16/c1-11-63(83)95-51-15-13-17-53(35-51)97-79(89)73(41(3)4)81-75(85)55-37-59(91-47-27-19-43(7)20-28-47)67-69-61(93-49-31-23-45(9)24-32-49)39-57-66-58(78(88)82(77(57)87)74(42(5)6)80(90)98-54-18-14-16-52(36-54)96-64(84)12-2)40-62(94-50-33-25-46(10)26-34-50)70(72(66)69)68-60(92-48-29-21-44(8)22-30-48)38-56(76(81)86)65(55)71(67)68/h11-12,19-34,37-42,51-54,73-74H,1-2,13-18,35-36H2,3-10H3. The van der Waals surface area contributed by atoms with Gasteiger partial charge >= 0.3 is 23.9 Å². The topological polar surface area (TPSA) is 217 Å². The summed E-state index contributed by atoms with van der Waals surface area (Å²) in [6.07, 6.45) is 3.14. The average molecular weight is 1320 g/mol. The summed E-state index contributed by atoms with van der Waals surface area (Å²) in [6.45, 7) is 21.6. The zero-order valence-electron chi connectivity index (χ0n) is 55.8. The predicted molar refractivity (Wildman–Crippen MR) is 368 cm³/mol. The molecule has 4 aliphatic rings. The molecule has 2 aliphatic heterocycles. The molecule has 4 amide bonds. The van der Waals surface area contributed by atoms with Crippen LogP contribution >= 0.6 is 0 Å². The highest BCUT2D eigenvalue weighted by Crippen LogP contribution is 2.58. The molecule has 6 unspecified atom stereocenters. The number of esters is 4. The van der Waals surface area contributed by atoms with Gasteiger partial charge in [0.1, 0.15) is 82.5 Å². The first kappa shape index (κ1) is 65.8. The van der Waals surface area contributed by atoms with Gasteiger partial charge in [-0.25, -0.2) is 19.2 Å². The van der Waals surface area contributed by atoms with E-state index in [1.807, 2.05) is 76.2 Å². The SMILES string of the molecule is C=CC(=O)OC1CCCC(OC(=O)C(C(C)C)N2C(=O)c3cc(Oc4ccc(C)cc4)c4c5c(Oc6ccc(C)cc6)cc6c7c(cc(Oc8ccc(C)cc8)c(c8c(Oc9ccc(C)cc9)cc(c3c48)C2=O)c75)C(=O)N(C(C(=O)OC2CCCC(OC(=O)C=C)C2)C(C)C)C6=O)C1. The van der Waals surface area contributed by atoms with Crippen LogP contribution in [0.4, 0.5) is 0 Å². The minimum absolute atomic E-state index is 0.0266. The third-order valence-electron chi connectivity index (χ3n) is 18.9. The first-order chi connectivity index (χ1) is 47.1. The summed E-state index contributed by atoms with van der Waals surface area (Å²) in [7, 11) is 0. The van der Waals surface area contributed by atoms with Crippen LogP contribution in [0.25, 0.3) is 43.1 Å². The zero-order valence-corrected chi connectivity index (χ0v) is 55.8. The second-order valence-electron chi connectivity index (χ2n) is 26.7. The van der Waals surface area contributed by atoms with E-state index >= 15 is 19.2 Å². The van der Waals surface area contributed by atoms with Gasteiger partial charge in [-0.1, -0.05) is 112 Å². The molecular formula is C80H74N2O16. The van der Waals surface area contributed by atoms with Crippen LogP contribution in [0.3, 0.4) is 0 Å². The summed E-state index contributed by atoms with van der Waals surface area (Å²) in [5, 5.41) is 1.90. The molecule has 13 rings (SSSR count). The molecule has 0 N–H and O–H groups in total. The van der Waals surface area contributed by atoms with Crippen LogP contribution in [0, 0.1) is 39.5 Å². The quantitative estimate of drug-likeness (QED) is 0.0173. The van der Waals surface area contributed by atoms with Gasteiger partial charge in [-0.3, -0.25) is 29.0 Å². The Bertz CT molecular complexity index is 4240. The number of ether oxygens (including phenoxy) is 8. The van der Waals surface area contributed by atoms with E-state index < -0.39 is 95.8 Å². The van der Waals surface area contributed by atoms with Crippen LogP contribution in [-0.4, -0.2) is 93.8 Å². The second-order valence-corrected chi connectivity index (χ2v) is 26.7. The van der Waals surface area contributed by atoms with Crippen molar-refractivity contribution in [1.82, 2.24) is 9.80 Å². The molecule has 2 saturated carbocycles. The maximum absolute atomic E-state index is 16.2. The van der Waals surface area contributed by atoms with E-state index in [0.29, 0.717) is 61.5 Å². The van der Waals surface area contributed by atoms with Gasteiger partial charge < -0.3 is 37.9 Å². The van der Waals surface area contributed by atoms with Crippen LogP contribution < -0.4 is 18.9 Å². The molecule has 2 fully saturated rings. The van der Waals surface area contributed by atoms with Crippen molar-refractivity contribution in [2.45, 2.75) is 143 Å². The van der Waals surface area contributed by atoms with Gasteiger partial charge in [-0.2, -0.15) is 0 Å². The van der Waals surface area contributed by atoms with Gasteiger partial charge in [0, 0.05) is 68.1 Å². The molecule has 9 aromatic rings. The van der Waals surface area contributed by atoms with Crippen LogP contribution in [0.1, 0.15) is 143 Å². The highest BCUT2D eigenvalue weighted by atomic mass is 16.6. The van der Waals surface area contributed by atoms with Gasteiger partial charge in [-0.15, -0.1) is 0 Å². The summed E-state index contributed by atoms with van der Waals surface area (Å²) in [6, 6.07) is 32.3. The highest BCUT2D eigenvalue weighted by molar-refractivity contribution is 6.45. The molecule has 500 valence electrons. The molecule has 18 heteroatoms. The van der Waals surface area contributed by atoms with Crippen LogP contribution in [0.5, 0.6) is 46.0 Å². The third-order valence-corrected chi connectivity index (χ3v) is 18.9. The monoisotopic (exact) mass is 1320 g/mol. The molecule has 0 radical (unpaired) electrons. The number of hydrogen-bond acceptors (Lipinski definition) is 16. The number of fused-ring (bicyclic) bond motifs is 2. The Morgan fingerprint density at radius 3 is 0.857 bits per heavy atom. The smallest absolute Gasteiger partial charge is 0.330 e. The molecule has 18 nitrogen and oxygen atoms in total. The number of carbonyl (C=O) groups excluding carboxylic acids is 8. The van der Waals surface area contributed by atoms with E-state index in [1.165, 1.54) is 0 Å². The Morgan fingerprint density at radius 2 is 0.622 bits per heavy atom. The molecule has 9 aromatic carbocycles. The van der Waals surface area contributed by atoms with Crippen molar-refractivity contribution in [2.24, 2.45) is 11.8 Å². The van der Waals surface area contributed by atoms with Crippen molar-refractivity contribution in [2.75, 3.05) is 0 Å². The van der Waals surface area contributed by atoms with Crippen LogP contribution in [0.2, 0.25) is 0 Å². The molecule has 98 heavy (non-hydrogen) atoms. The average Bonchev–Trinajstić information content (AvgIpc) is 0.672. The fourth-order valence-electron chi connectivity index (χ4n) is 14.2. The fourth-order valence-corrected chi connectivity index (χ4v) is 14.2. The lowest BCUT2D eigenvalue weighted by atomic mass is 9.80. The van der Waals surface area contributed by atoms with Crippen LogP contribution in [-0.2, 0) is 38.1 Å². The van der Waals surface area contributed by atoms with E-state index in [-0.39, 0.29) is 101 Å². The summed E-state index contributed by atoms with van der Waals surface area (Å²) in [4.78, 5) is 121. The second kappa shape index (κ2) is 26.6. The van der Waals surface area contributed by atoms with Gasteiger partial charge in [0.25, 0.3) is 23.6 Å². The Labute approximate surface area is 566 Å². The Hall–Kier alpha value is -10.9. The lowest BCUT2D eigenvalue weighted by Crippen LogP contribution is -2.54. The van der Waals surface area contributed by atoms with Gasteiger partial charge in [-0.05, 0) is 151 Å². The Balaban J connectivity index is 1.11. The van der Waals surface area contributed by atoms with E-state index in [1.54, 1.807) is 100 Å². The van der Waals surface area contributed by atoms with Crippen molar-refractivity contribution < 1.29 is 76.3 Å². The summed E-state index contributed by atoms with van der Waals surface area (Å²) < 4.78 is 52.2. The largest absolute Gasteiger partial charge is 0.461 e. The number of imide groups is 2. The van der Waals surface area contributed by atoms with Gasteiger partial charge in [0.05, 0.1) is 22.3 Å². The predicted octanol–water partition coefficient (Wildman–Crippen LogP) is 16.5. The highest BCUT2D eigenvalue weighted by Gasteiger charge is 2.49. The Kier molecular flexibility index (Phi) is 17.9. The molecule has 0 bridgehead atoms. The number of rotatable bonds is 20. The number of carbonyl (C=O) groups is 8. The molecule has 0 saturated heterocycles. The number of hydrogen-bond donors (Lipinski definition) is 0. The molecule has 2 heterocycles. The molecule has 0 spiro atoms. The summed E-state index contributed by atoms with van der Waals surface area (Å²) >= 11 is 0. The summed E-state index contributed by atoms with van der Waals surface area (Å²) in [5.41, 5.74) is 3.57. The number of benzene rings is 9. The van der Waals surface area contributed by atoms with Crippen molar-refractivity contribution >= 4 is 90.6 Å². The van der Waals surface area contributed by atoms with Crippen molar-refractivity contribution in [1.29, 1.82) is 0 Å². The maximum atomic E-state index is 16.2. The molecular weight excluding hydrogens is 1240 g/mol. The van der Waals surface area contributed by atoms with E-state index in [2.05, 4.69) is 13.2 Å². The normalized spacial score (nSPS) is 18.3. The third kappa shape index (κ3) is 12.3. The lowest BCUT2D eigenvalue weighted by molar-refractivity contribution is -0.162. The minimum Gasteiger partial charge on any atom is -0.461 e. The minimum atomic E-state index is -1.48. The first-order valence-electron chi connectivity index (χ1n) is 33.2. The van der Waals surface area contributed by atoms with Crippen molar-refractivity contribution in [3.8, 4) is 46.0 Å². The number of amides is 4. The molecule has 0 aromatic heterocycles. The van der Waals surface area contributed by atoms with Gasteiger partial charge in [0.2, 0.25) is 0 Å². The van der Waals surface area contributed by atoms with Gasteiger partial charge in [0.15, 0.2) is 0 Å². The van der Waals surface area contributed by atoms with Crippen molar-refractivity contribution in [3.63, 3.8) is 0 Å². The Morgan fingerprint density at radius 1 is 0.378 bits per heavy atom.